The summed E-state index contributed by atoms with van der Waals surface area (Å²) < 4.78 is 1.89. The average molecular weight is 377 g/mol. The van der Waals surface area contributed by atoms with Gasteiger partial charge in [0.15, 0.2) is 5.82 Å². The minimum absolute atomic E-state index is 0.336. The number of aryl methyl sites for hydroxylation is 2. The van der Waals surface area contributed by atoms with Crippen LogP contribution in [-0.2, 0) is 19.4 Å². The number of nitrogens with zero attached hydrogens (tertiary/aromatic N) is 3. The van der Waals surface area contributed by atoms with Gasteiger partial charge in [0.25, 0.3) is 0 Å². The molecule has 5 nitrogen and oxygen atoms in total. The topological polar surface area (TPSA) is 68.0 Å². The first-order valence-electron chi connectivity index (χ1n) is 9.97. The van der Waals surface area contributed by atoms with Gasteiger partial charge in [-0.25, -0.2) is 14.5 Å². The monoisotopic (exact) mass is 377 g/mol. The average Bonchev–Trinajstić information content (AvgIpc) is 3.08. The first-order valence-corrected chi connectivity index (χ1v) is 9.97. The molecule has 0 bridgehead atoms. The highest BCUT2D eigenvalue weighted by Gasteiger charge is 2.18. The summed E-state index contributed by atoms with van der Waals surface area (Å²) in [6.07, 6.45) is 4.80. The Kier molecular flexibility index (Phi) is 6.58. The molecule has 0 atom stereocenters. The largest absolute Gasteiger partial charge is 0.478 e. The van der Waals surface area contributed by atoms with Crippen molar-refractivity contribution in [3.05, 3.63) is 71.3 Å². The predicted molar refractivity (Wildman–Crippen MR) is 111 cm³/mol. The highest BCUT2D eigenvalue weighted by Crippen LogP contribution is 2.27. The van der Waals surface area contributed by atoms with Crippen LogP contribution in [-0.4, -0.2) is 25.8 Å². The summed E-state index contributed by atoms with van der Waals surface area (Å²) in [6, 6.07) is 15.3. The zero-order valence-electron chi connectivity index (χ0n) is 16.6. The number of carbonyl (C=O) groups is 1. The zero-order chi connectivity index (χ0) is 19.9. The van der Waals surface area contributed by atoms with Gasteiger partial charge in [0, 0.05) is 12.8 Å². The van der Waals surface area contributed by atoms with Crippen molar-refractivity contribution in [2.45, 2.75) is 52.5 Å². The lowest BCUT2D eigenvalue weighted by Crippen LogP contribution is -2.12. The van der Waals surface area contributed by atoms with E-state index in [1.54, 1.807) is 0 Å². The van der Waals surface area contributed by atoms with Crippen LogP contribution in [0.5, 0.6) is 0 Å². The Hall–Kier alpha value is -2.95. The molecule has 2 aromatic carbocycles. The maximum atomic E-state index is 12.1. The van der Waals surface area contributed by atoms with Gasteiger partial charge in [-0.1, -0.05) is 68.8 Å². The lowest BCUT2D eigenvalue weighted by Gasteiger charge is -2.13. The summed E-state index contributed by atoms with van der Waals surface area (Å²) in [7, 11) is 0. The Morgan fingerprint density at radius 2 is 1.79 bits per heavy atom. The molecule has 0 radical (unpaired) electrons. The van der Waals surface area contributed by atoms with Gasteiger partial charge in [0.1, 0.15) is 5.82 Å². The van der Waals surface area contributed by atoms with Crippen molar-refractivity contribution in [1.82, 2.24) is 14.8 Å². The molecule has 3 rings (SSSR count). The molecule has 1 heterocycles. The fourth-order valence-electron chi connectivity index (χ4n) is 3.41. The van der Waals surface area contributed by atoms with Gasteiger partial charge in [-0.15, -0.1) is 0 Å². The van der Waals surface area contributed by atoms with Crippen molar-refractivity contribution in [1.29, 1.82) is 0 Å². The van der Waals surface area contributed by atoms with Crippen LogP contribution in [0.4, 0.5) is 0 Å². The van der Waals surface area contributed by atoms with Crippen LogP contribution in [0.15, 0.2) is 48.5 Å². The molecule has 1 N–H and O–H groups in total. The molecular formula is C23H27N3O2. The molecule has 0 aliphatic heterocycles. The van der Waals surface area contributed by atoms with Crippen LogP contribution in [0.1, 0.15) is 60.7 Å². The lowest BCUT2D eigenvalue weighted by molar-refractivity contribution is 0.0696. The molecule has 28 heavy (non-hydrogen) atoms. The van der Waals surface area contributed by atoms with Crippen LogP contribution in [0.25, 0.3) is 11.1 Å². The van der Waals surface area contributed by atoms with Gasteiger partial charge in [-0.3, -0.25) is 0 Å². The predicted octanol–water partition coefficient (Wildman–Crippen LogP) is 4.99. The van der Waals surface area contributed by atoms with E-state index in [1.807, 2.05) is 53.2 Å². The summed E-state index contributed by atoms with van der Waals surface area (Å²) in [6.45, 7) is 4.68. The SMILES string of the molecule is CCCCc1nc(CCC)nn1Cc1cccc(-c2ccccc2)c1C(=O)O. The molecule has 0 amide bonds. The van der Waals surface area contributed by atoms with Gasteiger partial charge in [0.2, 0.25) is 0 Å². The number of carboxylic acid groups (broad SMARTS) is 1. The van der Waals surface area contributed by atoms with Gasteiger partial charge >= 0.3 is 5.97 Å². The van der Waals surface area contributed by atoms with E-state index in [-0.39, 0.29) is 0 Å². The quantitative estimate of drug-likeness (QED) is 0.571. The van der Waals surface area contributed by atoms with E-state index in [4.69, 9.17) is 4.98 Å². The second-order valence-corrected chi connectivity index (χ2v) is 6.97. The van der Waals surface area contributed by atoms with E-state index >= 15 is 0 Å². The van der Waals surface area contributed by atoms with Gasteiger partial charge in [0.05, 0.1) is 12.1 Å². The fourth-order valence-corrected chi connectivity index (χ4v) is 3.41. The van der Waals surface area contributed by atoms with E-state index in [0.29, 0.717) is 12.1 Å². The Balaban J connectivity index is 2.02. The Bertz CT molecular complexity index is 932. The number of rotatable bonds is 9. The molecule has 3 aromatic rings. The van der Waals surface area contributed by atoms with Crippen molar-refractivity contribution in [3.8, 4) is 11.1 Å². The van der Waals surface area contributed by atoms with E-state index in [1.165, 1.54) is 0 Å². The molecule has 0 saturated heterocycles. The fraction of sp³-hybridized carbons (Fsp3) is 0.348. The van der Waals surface area contributed by atoms with Gasteiger partial charge in [-0.05, 0) is 29.5 Å². The lowest BCUT2D eigenvalue weighted by atomic mass is 9.95. The van der Waals surface area contributed by atoms with E-state index < -0.39 is 5.97 Å². The number of aromatic carboxylic acids is 1. The molecule has 0 aliphatic carbocycles. The van der Waals surface area contributed by atoms with Crippen molar-refractivity contribution in [3.63, 3.8) is 0 Å². The highest BCUT2D eigenvalue weighted by molar-refractivity contribution is 5.97. The molecule has 0 unspecified atom stereocenters. The minimum Gasteiger partial charge on any atom is -0.478 e. The summed E-state index contributed by atoms with van der Waals surface area (Å²) in [5.74, 6) is 0.856. The van der Waals surface area contributed by atoms with Crippen LogP contribution in [0.3, 0.4) is 0 Å². The number of hydrogen-bond acceptors (Lipinski definition) is 3. The smallest absolute Gasteiger partial charge is 0.336 e. The van der Waals surface area contributed by atoms with Crippen LogP contribution < -0.4 is 0 Å². The first-order chi connectivity index (χ1) is 13.6. The van der Waals surface area contributed by atoms with Crippen molar-refractivity contribution >= 4 is 5.97 Å². The normalized spacial score (nSPS) is 10.9. The van der Waals surface area contributed by atoms with Crippen molar-refractivity contribution in [2.75, 3.05) is 0 Å². The van der Waals surface area contributed by atoms with E-state index in [2.05, 4.69) is 18.9 Å². The number of benzene rings is 2. The molecule has 0 spiro atoms. The molecule has 0 fully saturated rings. The standard InChI is InChI=1S/C23H27N3O2/c1-3-5-15-21-24-20(10-4-2)25-26(21)16-18-13-9-14-19(22(18)23(27)28)17-11-7-6-8-12-17/h6-9,11-14H,3-5,10,15-16H2,1-2H3,(H,27,28). The highest BCUT2D eigenvalue weighted by atomic mass is 16.4. The number of aromatic nitrogens is 3. The maximum absolute atomic E-state index is 12.1. The number of hydrogen-bond donors (Lipinski definition) is 1. The summed E-state index contributed by atoms with van der Waals surface area (Å²) >= 11 is 0. The third kappa shape index (κ3) is 4.47. The molecule has 0 aliphatic rings. The van der Waals surface area contributed by atoms with Crippen LogP contribution >= 0.6 is 0 Å². The van der Waals surface area contributed by atoms with Crippen molar-refractivity contribution in [2.24, 2.45) is 0 Å². The van der Waals surface area contributed by atoms with Crippen molar-refractivity contribution < 1.29 is 9.90 Å². The summed E-state index contributed by atoms with van der Waals surface area (Å²) in [4.78, 5) is 16.8. The summed E-state index contributed by atoms with van der Waals surface area (Å²) in [5, 5.41) is 14.6. The molecule has 5 heteroatoms. The molecule has 1 aromatic heterocycles. The van der Waals surface area contributed by atoms with E-state index in [0.717, 1.165) is 60.4 Å². The Morgan fingerprint density at radius 1 is 1.00 bits per heavy atom. The third-order valence-corrected chi connectivity index (χ3v) is 4.79. The molecule has 0 saturated carbocycles. The number of unbranched alkanes of at least 4 members (excludes halogenated alkanes) is 1. The Labute approximate surface area is 166 Å². The Morgan fingerprint density at radius 3 is 2.46 bits per heavy atom. The minimum atomic E-state index is -0.918. The zero-order valence-corrected chi connectivity index (χ0v) is 16.6. The maximum Gasteiger partial charge on any atom is 0.336 e. The van der Waals surface area contributed by atoms with Gasteiger partial charge in [-0.2, -0.15) is 5.10 Å². The van der Waals surface area contributed by atoms with E-state index in [9.17, 15) is 9.90 Å². The van der Waals surface area contributed by atoms with Crippen LogP contribution in [0, 0.1) is 0 Å². The first kappa shape index (κ1) is 19.8. The second-order valence-electron chi connectivity index (χ2n) is 6.97. The number of carboxylic acids is 1. The van der Waals surface area contributed by atoms with Crippen LogP contribution in [0.2, 0.25) is 0 Å². The molecular weight excluding hydrogens is 350 g/mol. The third-order valence-electron chi connectivity index (χ3n) is 4.79. The summed E-state index contributed by atoms with van der Waals surface area (Å²) in [5.41, 5.74) is 2.72. The van der Waals surface area contributed by atoms with Gasteiger partial charge < -0.3 is 5.11 Å². The molecule has 146 valence electrons. The second kappa shape index (κ2) is 9.31.